The normalized spacial score (nSPS) is 10.5. The molecule has 0 saturated carbocycles. The van der Waals surface area contributed by atoms with E-state index in [-0.39, 0.29) is 18.1 Å². The van der Waals surface area contributed by atoms with Crippen molar-refractivity contribution in [3.8, 4) is 11.3 Å². The quantitative estimate of drug-likeness (QED) is 0.872. The maximum Gasteiger partial charge on any atom is 0.151 e. The van der Waals surface area contributed by atoms with Crippen LogP contribution in [0.3, 0.4) is 0 Å². The lowest BCUT2D eigenvalue weighted by Crippen LogP contribution is -2.09. The number of carbonyl (C=O) groups excluding carboxylic acids is 1. The number of Topliss-reactive ketones (excluding diaryl/α,β-unsaturated/α-hetero) is 1. The average molecular weight is 297 g/mol. The first-order valence-electron chi connectivity index (χ1n) is 5.04. The summed E-state index contributed by atoms with van der Waals surface area (Å²) < 4.78 is 15.2. The van der Waals surface area contributed by atoms with Gasteiger partial charge in [0.05, 0.1) is 22.9 Å². The van der Waals surface area contributed by atoms with E-state index in [2.05, 4.69) is 21.0 Å². The van der Waals surface area contributed by atoms with Gasteiger partial charge in [-0.1, -0.05) is 0 Å². The van der Waals surface area contributed by atoms with Gasteiger partial charge in [0.25, 0.3) is 0 Å². The van der Waals surface area contributed by atoms with Crippen molar-refractivity contribution < 1.29 is 9.18 Å². The number of halogens is 2. The molecule has 0 fully saturated rings. The van der Waals surface area contributed by atoms with E-state index >= 15 is 0 Å². The van der Waals surface area contributed by atoms with Crippen LogP contribution >= 0.6 is 15.9 Å². The van der Waals surface area contributed by atoms with E-state index in [0.717, 1.165) is 15.7 Å². The van der Waals surface area contributed by atoms with Crippen molar-refractivity contribution >= 4 is 21.7 Å². The zero-order chi connectivity index (χ0) is 12.4. The van der Waals surface area contributed by atoms with Crippen molar-refractivity contribution in [2.45, 2.75) is 13.5 Å². The highest BCUT2D eigenvalue weighted by atomic mass is 79.9. The maximum absolute atomic E-state index is 12.9. The van der Waals surface area contributed by atoms with E-state index in [0.29, 0.717) is 0 Å². The molecule has 2 aromatic rings. The Balaban J connectivity index is 2.46. The molecule has 0 aliphatic carbocycles. The molecule has 0 bridgehead atoms. The number of ketones is 1. The molecule has 0 atom stereocenters. The van der Waals surface area contributed by atoms with Crippen LogP contribution in [0.1, 0.15) is 6.92 Å². The summed E-state index contributed by atoms with van der Waals surface area (Å²) in [6.45, 7) is 1.71. The summed E-state index contributed by atoms with van der Waals surface area (Å²) >= 11 is 3.37. The fourth-order valence-electron chi connectivity index (χ4n) is 1.59. The van der Waals surface area contributed by atoms with Crippen LogP contribution in [-0.2, 0) is 11.3 Å². The molecule has 0 spiro atoms. The van der Waals surface area contributed by atoms with Crippen molar-refractivity contribution in [3.63, 3.8) is 0 Å². The van der Waals surface area contributed by atoms with Crippen LogP contribution < -0.4 is 0 Å². The summed E-state index contributed by atoms with van der Waals surface area (Å²) in [6, 6.07) is 6.08. The van der Waals surface area contributed by atoms with E-state index in [1.165, 1.54) is 19.1 Å². The summed E-state index contributed by atoms with van der Waals surface area (Å²) in [5, 5.41) is 4.11. The first-order valence-corrected chi connectivity index (χ1v) is 5.84. The topological polar surface area (TPSA) is 34.9 Å². The Morgan fingerprint density at radius 2 is 2.06 bits per heavy atom. The highest BCUT2D eigenvalue weighted by Gasteiger charge is 2.12. The first kappa shape index (κ1) is 12.0. The number of rotatable bonds is 3. The molecule has 5 heteroatoms. The third-order valence-electron chi connectivity index (χ3n) is 2.28. The fraction of sp³-hybridized carbons (Fsp3) is 0.167. The minimum absolute atomic E-state index is 0.0176. The predicted octanol–water partition coefficient (Wildman–Crippen LogP) is 3.04. The Bertz CT molecular complexity index is 548. The van der Waals surface area contributed by atoms with Crippen LogP contribution in [0.15, 0.2) is 34.9 Å². The number of carbonyl (C=O) groups is 1. The minimum atomic E-state index is -0.289. The second-order valence-corrected chi connectivity index (χ2v) is 4.56. The molecule has 0 aliphatic rings. The Labute approximate surface area is 106 Å². The standard InChI is InChI=1S/C12H10BrFN2O/c1-8(17)7-16-12(11(13)6-15-16)9-2-4-10(14)5-3-9/h2-6H,7H2,1H3. The Morgan fingerprint density at radius 3 is 2.65 bits per heavy atom. The number of aromatic nitrogens is 2. The van der Waals surface area contributed by atoms with Crippen molar-refractivity contribution in [3.05, 3.63) is 40.8 Å². The van der Waals surface area contributed by atoms with Gasteiger partial charge >= 0.3 is 0 Å². The monoisotopic (exact) mass is 296 g/mol. The van der Waals surface area contributed by atoms with Gasteiger partial charge in [-0.3, -0.25) is 9.48 Å². The van der Waals surface area contributed by atoms with Crippen LogP contribution in [0.2, 0.25) is 0 Å². The van der Waals surface area contributed by atoms with Crippen molar-refractivity contribution in [1.82, 2.24) is 9.78 Å². The van der Waals surface area contributed by atoms with Crippen LogP contribution in [0.4, 0.5) is 4.39 Å². The number of hydrogen-bond donors (Lipinski definition) is 0. The highest BCUT2D eigenvalue weighted by Crippen LogP contribution is 2.28. The Hall–Kier alpha value is -1.49. The Morgan fingerprint density at radius 1 is 1.41 bits per heavy atom. The van der Waals surface area contributed by atoms with E-state index in [1.807, 2.05) is 0 Å². The molecule has 0 radical (unpaired) electrons. The molecule has 2 rings (SSSR count). The van der Waals surface area contributed by atoms with Gasteiger partial charge in [0.2, 0.25) is 0 Å². The second-order valence-electron chi connectivity index (χ2n) is 3.71. The molecule has 0 saturated heterocycles. The van der Waals surface area contributed by atoms with Gasteiger partial charge < -0.3 is 0 Å². The molecule has 3 nitrogen and oxygen atoms in total. The van der Waals surface area contributed by atoms with Crippen molar-refractivity contribution in [2.24, 2.45) is 0 Å². The zero-order valence-corrected chi connectivity index (χ0v) is 10.7. The third kappa shape index (κ3) is 2.61. The Kier molecular flexibility index (Phi) is 3.38. The average Bonchev–Trinajstić information content (AvgIpc) is 2.61. The van der Waals surface area contributed by atoms with Gasteiger partial charge in [-0.25, -0.2) is 4.39 Å². The summed E-state index contributed by atoms with van der Waals surface area (Å²) in [4.78, 5) is 11.1. The third-order valence-corrected chi connectivity index (χ3v) is 2.87. The predicted molar refractivity (Wildman–Crippen MR) is 66.0 cm³/mol. The molecule has 88 valence electrons. The van der Waals surface area contributed by atoms with Crippen molar-refractivity contribution in [1.29, 1.82) is 0 Å². The molecule has 1 aromatic carbocycles. The highest BCUT2D eigenvalue weighted by molar-refractivity contribution is 9.10. The van der Waals surface area contributed by atoms with Crippen molar-refractivity contribution in [2.75, 3.05) is 0 Å². The smallest absolute Gasteiger partial charge is 0.151 e. The van der Waals surface area contributed by atoms with Gasteiger partial charge in [0.15, 0.2) is 5.78 Å². The summed E-state index contributed by atoms with van der Waals surface area (Å²) in [5.74, 6) is -0.272. The van der Waals surface area contributed by atoms with E-state index in [1.54, 1.807) is 23.0 Å². The van der Waals surface area contributed by atoms with Crippen LogP contribution in [0.25, 0.3) is 11.3 Å². The molecule has 1 heterocycles. The van der Waals surface area contributed by atoms with E-state index in [4.69, 9.17) is 0 Å². The molecule has 0 amide bonds. The largest absolute Gasteiger partial charge is 0.298 e. The summed E-state index contributed by atoms with van der Waals surface area (Å²) in [7, 11) is 0. The minimum Gasteiger partial charge on any atom is -0.298 e. The number of benzene rings is 1. The van der Waals surface area contributed by atoms with E-state index < -0.39 is 0 Å². The molecule has 1 aromatic heterocycles. The van der Waals surface area contributed by atoms with Gasteiger partial charge in [0, 0.05) is 5.56 Å². The zero-order valence-electron chi connectivity index (χ0n) is 9.15. The van der Waals surface area contributed by atoms with Gasteiger partial charge in [0.1, 0.15) is 5.82 Å². The molecular weight excluding hydrogens is 287 g/mol. The molecule has 0 unspecified atom stereocenters. The fourth-order valence-corrected chi connectivity index (χ4v) is 2.11. The lowest BCUT2D eigenvalue weighted by atomic mass is 10.1. The second kappa shape index (κ2) is 4.79. The molecule has 0 N–H and O–H groups in total. The van der Waals surface area contributed by atoms with Gasteiger partial charge in [-0.15, -0.1) is 0 Å². The van der Waals surface area contributed by atoms with Crippen LogP contribution in [0.5, 0.6) is 0 Å². The van der Waals surface area contributed by atoms with Crippen LogP contribution in [-0.4, -0.2) is 15.6 Å². The van der Waals surface area contributed by atoms with Crippen LogP contribution in [0, 0.1) is 5.82 Å². The number of hydrogen-bond acceptors (Lipinski definition) is 2. The molecular formula is C12H10BrFN2O. The lowest BCUT2D eigenvalue weighted by Gasteiger charge is -2.06. The summed E-state index contributed by atoms with van der Waals surface area (Å²) in [5.41, 5.74) is 1.59. The first-order chi connectivity index (χ1) is 8.08. The molecule has 0 aliphatic heterocycles. The van der Waals surface area contributed by atoms with E-state index in [9.17, 15) is 9.18 Å². The molecule has 17 heavy (non-hydrogen) atoms. The maximum atomic E-state index is 12.9. The SMILES string of the molecule is CC(=O)Cn1ncc(Br)c1-c1ccc(F)cc1. The lowest BCUT2D eigenvalue weighted by molar-refractivity contribution is -0.117. The van der Waals surface area contributed by atoms with Gasteiger partial charge in [-0.05, 0) is 47.1 Å². The summed E-state index contributed by atoms with van der Waals surface area (Å²) in [6.07, 6.45) is 1.63. The van der Waals surface area contributed by atoms with Gasteiger partial charge in [-0.2, -0.15) is 5.10 Å². The number of nitrogens with zero attached hydrogens (tertiary/aromatic N) is 2.